The highest BCUT2D eigenvalue weighted by Gasteiger charge is 2.55. The molecule has 0 unspecified atom stereocenters. The van der Waals surface area contributed by atoms with Crippen molar-refractivity contribution < 1.29 is 15.3 Å². The Balaban J connectivity index is 6.04. The van der Waals surface area contributed by atoms with E-state index in [0.717, 1.165) is 0 Å². The van der Waals surface area contributed by atoms with E-state index in [0.29, 0.717) is 85.2 Å². The lowest BCUT2D eigenvalue weighted by molar-refractivity contribution is 0.284. The summed E-state index contributed by atoms with van der Waals surface area (Å²) in [5.74, 6) is 0. The van der Waals surface area contributed by atoms with E-state index in [1.54, 1.807) is 0 Å². The molecule has 56 heavy (non-hydrogen) atoms. The van der Waals surface area contributed by atoms with Crippen LogP contribution in [0, 0.1) is 0 Å². The average molecular weight is 2980 g/mol. The van der Waals surface area contributed by atoms with Crippen molar-refractivity contribution in [1.82, 2.24) is 15.2 Å². The van der Waals surface area contributed by atoms with Crippen LogP contribution in [0.25, 0.3) is 0 Å². The van der Waals surface area contributed by atoms with Gasteiger partial charge in [-0.25, -0.2) is 0 Å². The summed E-state index contributed by atoms with van der Waals surface area (Å²) in [7, 11) is 9.23. The number of aliphatic hydroxyl groups excluding tert-OH is 3. The maximum Gasteiger partial charge on any atom is 0.256 e. The van der Waals surface area contributed by atoms with Crippen molar-refractivity contribution >= 4 is 564 Å². The smallest absolute Gasteiger partial charge is 0.256 e. The monoisotopic (exact) mass is 2980 g/mol. The molecule has 0 aliphatic rings. The van der Waals surface area contributed by atoms with Crippen LogP contribution in [0.15, 0.2) is 0 Å². The number of nitrogens with one attached hydrogen (secondary N) is 2. The third-order valence-electron chi connectivity index (χ3n) is 7.80. The second-order valence-corrected chi connectivity index (χ2v) is 44.6. The fourth-order valence-electron chi connectivity index (χ4n) is 4.87. The molecule has 5 N–H and O–H groups in total. The van der Waals surface area contributed by atoms with Gasteiger partial charge in [0.2, 0.25) is 4.63 Å². The standard InChI is InChI=1S/C6H17B24I20N3O3/c31-11(7-9-13(33)34)15(37)27(51-1-4-54)23(45)19(41)17(39)21(43)25(47)29(49)53(3-6-56)30(50)26(48)22(44)18(40)20(42)24(46)28(52-2-5-55)16(38)12(32)8-10-14(35)36/h51-52,54-56H,1-6H2. The fourth-order valence-corrected chi connectivity index (χ4v) is 29.1. The van der Waals surface area contributed by atoms with Crippen LogP contribution in [-0.4, -0.2) is 176 Å². The number of rotatable bonds is 32. The van der Waals surface area contributed by atoms with Crippen molar-refractivity contribution in [2.75, 3.05) is 39.5 Å². The highest BCUT2D eigenvalue weighted by molar-refractivity contribution is 14.3. The average Bonchev–Trinajstić information content (AvgIpc) is 3.17. The predicted octanol–water partition coefficient (Wildman–Crippen LogP) is 5.85. The van der Waals surface area contributed by atoms with Gasteiger partial charge in [-0.2, -0.15) is 313 Å². The summed E-state index contributed by atoms with van der Waals surface area (Å²) in [6, 6.07) is 0. The Morgan fingerprint density at radius 1 is 0.357 bits per heavy atom. The second-order valence-electron chi connectivity index (χ2n) is 11.8. The molecule has 0 spiro atoms. The van der Waals surface area contributed by atoms with Crippen LogP contribution in [0.4, 0.5) is 0 Å². The molecule has 0 saturated carbocycles. The topological polar surface area (TPSA) is 88.0 Å². The summed E-state index contributed by atoms with van der Waals surface area (Å²) < 4.78 is 9.37. The Hall–Kier alpha value is 15.9. The number of hydrogen-bond donors (Lipinski definition) is 5. The van der Waals surface area contributed by atoms with Crippen LogP contribution >= 0.6 is 447 Å². The first-order valence-electron chi connectivity index (χ1n) is 16.3. The highest BCUT2D eigenvalue weighted by Crippen LogP contribution is 2.32. The minimum absolute atomic E-state index is 0.133. The van der Waals surface area contributed by atoms with Crippen molar-refractivity contribution in [3.05, 3.63) is 0 Å². The third kappa shape index (κ3) is 28.0. The summed E-state index contributed by atoms with van der Waals surface area (Å²) in [5, 5.41) is 37.3. The number of hydrogen-bond acceptors (Lipinski definition) is 6. The first-order chi connectivity index (χ1) is 26.0. The molecule has 50 heteroatoms. The van der Waals surface area contributed by atoms with Crippen LogP contribution in [0.3, 0.4) is 0 Å². The van der Waals surface area contributed by atoms with E-state index in [-0.39, 0.29) is 42.3 Å². The zero-order chi connectivity index (χ0) is 43.6. The summed E-state index contributed by atoms with van der Waals surface area (Å²) >= 11 is 52.4. The van der Waals surface area contributed by atoms with Crippen LogP contribution in [-0.2, 0) is 0 Å². The molecule has 0 aliphatic heterocycles. The zero-order valence-electron chi connectivity index (χ0n) is 28.4. The molecular formula is C6H17B24I20N3O3. The molecule has 0 aromatic carbocycles. The van der Waals surface area contributed by atoms with Gasteiger partial charge in [0.05, 0.1) is 33.9 Å². The lowest BCUT2D eigenvalue weighted by Gasteiger charge is -2.35. The molecule has 4 radical (unpaired) electrons. The Morgan fingerprint density at radius 3 is 0.911 bits per heavy atom. The molecule has 0 saturated heterocycles. The second kappa shape index (κ2) is 41.9. The summed E-state index contributed by atoms with van der Waals surface area (Å²) in [5.41, 5.74) is 0. The molecule has 0 atom stereocenters. The largest absolute Gasteiger partial charge is 0.395 e. The van der Waals surface area contributed by atoms with Crippen molar-refractivity contribution in [2.24, 2.45) is 0 Å². The fraction of sp³-hybridized carbons (Fsp3) is 1.00. The van der Waals surface area contributed by atoms with Crippen LogP contribution < -0.4 is 10.5 Å². The van der Waals surface area contributed by atoms with Crippen LogP contribution in [0.5, 0.6) is 0 Å². The van der Waals surface area contributed by atoms with Gasteiger partial charge in [0.25, 0.3) is 9.19 Å². The SMILES string of the molecule is OCCNB(B(I)B(I)[B][B]B(I)I)B(I)B(I)B(I)B(I)B(I)B(I)N(CCO)B(I)B(I)B(I)B(I)B(I)B(I)B(NCCO)B(I)B(I)[B][B]B(I)I. The summed E-state index contributed by atoms with van der Waals surface area (Å²) in [6.07, 6.45) is 0. The predicted molar refractivity (Wildman–Crippen MR) is 462 cm³/mol. The van der Waals surface area contributed by atoms with Crippen molar-refractivity contribution in [1.29, 1.82) is 0 Å². The van der Waals surface area contributed by atoms with Gasteiger partial charge in [-0.3, -0.25) is 0 Å². The number of nitrogens with zero attached hydrogens (tertiary/aromatic N) is 1. The first kappa shape index (κ1) is 71.9. The first-order valence-corrected chi connectivity index (χ1v) is 41.2. The lowest BCUT2D eigenvalue weighted by atomic mass is 8.83. The molecule has 0 fully saturated rings. The van der Waals surface area contributed by atoms with Gasteiger partial charge in [0, 0.05) is 33.8 Å². The van der Waals surface area contributed by atoms with E-state index in [2.05, 4.69) is 491 Å². The van der Waals surface area contributed by atoms with Crippen molar-refractivity contribution in [3.8, 4) is 0 Å². The molecule has 0 bridgehead atoms. The molecule has 0 aromatic heterocycles. The normalized spacial score (nSPS) is 10.4. The molecule has 0 aliphatic carbocycles. The summed E-state index contributed by atoms with van der Waals surface area (Å²) in [6.45, 7) is 2.74. The Labute approximate surface area is 616 Å². The van der Waals surface area contributed by atoms with E-state index in [1.807, 2.05) is 0 Å². The maximum absolute atomic E-state index is 10.4. The number of halogens is 20. The van der Waals surface area contributed by atoms with Gasteiger partial charge in [0.1, 0.15) is 8.70 Å². The van der Waals surface area contributed by atoms with Crippen LogP contribution in [0.2, 0.25) is 0 Å². The van der Waals surface area contributed by atoms with E-state index >= 15 is 0 Å². The molecule has 0 heterocycles. The van der Waals surface area contributed by atoms with Crippen molar-refractivity contribution in [2.45, 2.75) is 0 Å². The van der Waals surface area contributed by atoms with E-state index in [9.17, 15) is 15.3 Å². The molecule has 0 amide bonds. The van der Waals surface area contributed by atoms with Gasteiger partial charge in [-0.05, 0) is 0 Å². The zero-order valence-corrected chi connectivity index (χ0v) is 71.6. The minimum atomic E-state index is 0.133. The molecule has 6 nitrogen and oxygen atoms in total. The Morgan fingerprint density at radius 2 is 0.643 bits per heavy atom. The quantitative estimate of drug-likeness (QED) is 0.0430. The summed E-state index contributed by atoms with van der Waals surface area (Å²) in [4.78, 5) is 0. The van der Waals surface area contributed by atoms with Gasteiger partial charge in [0.15, 0.2) is 65.5 Å². The molecule has 0 aromatic rings. The molecule has 0 rings (SSSR count). The Bertz CT molecular complexity index is 962. The van der Waals surface area contributed by atoms with Gasteiger partial charge in [-0.1, -0.05) is 0 Å². The van der Waals surface area contributed by atoms with Crippen LogP contribution in [0.1, 0.15) is 0 Å². The Kier molecular flexibility index (Phi) is 53.9. The van der Waals surface area contributed by atoms with E-state index < -0.39 is 0 Å². The number of aliphatic hydroxyl groups is 3. The molecular weight excluding hydrogens is 2960 g/mol. The van der Waals surface area contributed by atoms with Gasteiger partial charge < -0.3 is 30.5 Å². The molecule has 286 valence electrons. The van der Waals surface area contributed by atoms with Gasteiger partial charge in [-0.15, -0.1) is 134 Å². The highest BCUT2D eigenvalue weighted by atomic mass is 127. The third-order valence-corrected chi connectivity index (χ3v) is 49.7. The van der Waals surface area contributed by atoms with Crippen molar-refractivity contribution in [3.63, 3.8) is 0 Å². The van der Waals surface area contributed by atoms with E-state index in [4.69, 9.17) is 0 Å². The minimum Gasteiger partial charge on any atom is -0.395 e. The maximum atomic E-state index is 10.4. The lowest BCUT2D eigenvalue weighted by Crippen LogP contribution is -2.69. The van der Waals surface area contributed by atoms with E-state index in [1.165, 1.54) is 0 Å². The van der Waals surface area contributed by atoms with Gasteiger partial charge >= 0.3 is 0 Å².